The molecule has 1 aliphatic carbocycles. The topological polar surface area (TPSA) is 38.8 Å². The summed E-state index contributed by atoms with van der Waals surface area (Å²) in [6.45, 7) is 5.32. The van der Waals surface area contributed by atoms with Crippen molar-refractivity contribution in [1.29, 1.82) is 0 Å². The van der Waals surface area contributed by atoms with Gasteiger partial charge in [0.25, 0.3) is 0 Å². The normalized spacial score (nSPS) is 20.2. The van der Waals surface area contributed by atoms with Crippen LogP contribution in [-0.4, -0.2) is 43.8 Å². The van der Waals surface area contributed by atoms with Crippen LogP contribution in [0.1, 0.15) is 25.3 Å². The molecule has 1 aliphatic heterocycles. The molecule has 0 saturated carbocycles. The predicted molar refractivity (Wildman–Crippen MR) is 89.7 cm³/mol. The third-order valence-corrected chi connectivity index (χ3v) is 4.22. The zero-order chi connectivity index (χ0) is 16.1. The average Bonchev–Trinajstić information content (AvgIpc) is 3.00. The Morgan fingerprint density at radius 1 is 1.22 bits per heavy atom. The monoisotopic (exact) mass is 313 g/mol. The summed E-state index contributed by atoms with van der Waals surface area (Å²) in [5, 5.41) is 0. The Labute approximate surface area is 137 Å². The van der Waals surface area contributed by atoms with Gasteiger partial charge in [-0.1, -0.05) is 30.3 Å². The molecule has 1 fully saturated rings. The molecule has 4 heteroatoms. The van der Waals surface area contributed by atoms with E-state index in [2.05, 4.69) is 23.1 Å². The molecular weight excluding hydrogens is 290 g/mol. The van der Waals surface area contributed by atoms with Crippen molar-refractivity contribution in [1.82, 2.24) is 4.90 Å². The summed E-state index contributed by atoms with van der Waals surface area (Å²) in [6.07, 6.45) is 3.83. The van der Waals surface area contributed by atoms with E-state index in [-0.39, 0.29) is 5.97 Å². The third kappa shape index (κ3) is 3.64. The van der Waals surface area contributed by atoms with E-state index in [9.17, 15) is 4.79 Å². The summed E-state index contributed by atoms with van der Waals surface area (Å²) in [7, 11) is 0. The lowest BCUT2D eigenvalue weighted by Crippen LogP contribution is -2.36. The molecule has 0 amide bonds. The molecule has 1 heterocycles. The maximum atomic E-state index is 12.3. The smallest absolute Gasteiger partial charge is 0.336 e. The fourth-order valence-corrected chi connectivity index (χ4v) is 3.18. The number of rotatable bonds is 4. The zero-order valence-electron chi connectivity index (χ0n) is 13.6. The van der Waals surface area contributed by atoms with E-state index in [0.717, 1.165) is 37.2 Å². The first kappa shape index (κ1) is 15.8. The van der Waals surface area contributed by atoms with E-state index in [1.165, 1.54) is 11.1 Å². The SMILES string of the molecule is CCOC(=O)C1=C(N2CCOCC2)/C(=C\c2ccccc2)CC1. The molecule has 0 unspecified atom stereocenters. The van der Waals surface area contributed by atoms with E-state index in [0.29, 0.717) is 19.8 Å². The number of carbonyl (C=O) groups is 1. The van der Waals surface area contributed by atoms with Crippen LogP contribution in [0.5, 0.6) is 0 Å². The number of hydrogen-bond acceptors (Lipinski definition) is 4. The molecule has 0 N–H and O–H groups in total. The summed E-state index contributed by atoms with van der Waals surface area (Å²) in [4.78, 5) is 14.6. The van der Waals surface area contributed by atoms with Crippen LogP contribution in [0.3, 0.4) is 0 Å². The highest BCUT2D eigenvalue weighted by molar-refractivity contribution is 5.92. The van der Waals surface area contributed by atoms with Crippen LogP contribution in [0.2, 0.25) is 0 Å². The third-order valence-electron chi connectivity index (χ3n) is 4.22. The fourth-order valence-electron chi connectivity index (χ4n) is 3.18. The maximum Gasteiger partial charge on any atom is 0.336 e. The quantitative estimate of drug-likeness (QED) is 0.801. The highest BCUT2D eigenvalue weighted by Gasteiger charge is 2.30. The van der Waals surface area contributed by atoms with Crippen LogP contribution in [0.15, 0.2) is 47.2 Å². The Hall–Kier alpha value is -2.07. The lowest BCUT2D eigenvalue weighted by atomic mass is 10.1. The molecule has 1 aromatic rings. The summed E-state index contributed by atoms with van der Waals surface area (Å²) < 4.78 is 10.7. The molecule has 0 radical (unpaired) electrons. The summed E-state index contributed by atoms with van der Waals surface area (Å²) in [5.41, 5.74) is 4.27. The number of hydrogen-bond donors (Lipinski definition) is 0. The van der Waals surface area contributed by atoms with Gasteiger partial charge in [0.05, 0.1) is 31.1 Å². The predicted octanol–water partition coefficient (Wildman–Crippen LogP) is 3.01. The number of benzene rings is 1. The number of allylic oxidation sites excluding steroid dienone is 1. The van der Waals surface area contributed by atoms with Crippen molar-refractivity contribution in [2.24, 2.45) is 0 Å². The molecule has 1 saturated heterocycles. The van der Waals surface area contributed by atoms with Gasteiger partial charge in [-0.25, -0.2) is 4.79 Å². The van der Waals surface area contributed by atoms with E-state index < -0.39 is 0 Å². The molecule has 122 valence electrons. The van der Waals surface area contributed by atoms with Gasteiger partial charge in [-0.15, -0.1) is 0 Å². The minimum atomic E-state index is -0.176. The van der Waals surface area contributed by atoms with Gasteiger partial charge in [0.2, 0.25) is 0 Å². The molecule has 2 aliphatic rings. The van der Waals surface area contributed by atoms with Gasteiger partial charge in [0.15, 0.2) is 0 Å². The molecule has 23 heavy (non-hydrogen) atoms. The molecule has 0 spiro atoms. The number of nitrogens with zero attached hydrogens (tertiary/aromatic N) is 1. The first-order valence-electron chi connectivity index (χ1n) is 8.28. The largest absolute Gasteiger partial charge is 0.463 e. The van der Waals surface area contributed by atoms with Gasteiger partial charge >= 0.3 is 5.97 Å². The summed E-state index contributed by atoms with van der Waals surface area (Å²) in [6, 6.07) is 10.3. The van der Waals surface area contributed by atoms with Crippen molar-refractivity contribution in [3.8, 4) is 0 Å². The van der Waals surface area contributed by atoms with E-state index in [1.54, 1.807) is 0 Å². The van der Waals surface area contributed by atoms with Gasteiger partial charge in [-0.05, 0) is 37.0 Å². The van der Waals surface area contributed by atoms with E-state index in [4.69, 9.17) is 9.47 Å². The Bertz CT molecular complexity index is 613. The molecule has 3 rings (SSSR count). The second kappa shape index (κ2) is 7.47. The highest BCUT2D eigenvalue weighted by atomic mass is 16.5. The van der Waals surface area contributed by atoms with Gasteiger partial charge in [0.1, 0.15) is 0 Å². The van der Waals surface area contributed by atoms with Crippen LogP contribution in [-0.2, 0) is 14.3 Å². The molecule has 4 nitrogen and oxygen atoms in total. The van der Waals surface area contributed by atoms with Crippen molar-refractivity contribution in [2.75, 3.05) is 32.9 Å². The number of ether oxygens (including phenoxy) is 2. The Morgan fingerprint density at radius 2 is 1.96 bits per heavy atom. The van der Waals surface area contributed by atoms with Gasteiger partial charge in [-0.2, -0.15) is 0 Å². The molecule has 0 bridgehead atoms. The van der Waals surface area contributed by atoms with Gasteiger partial charge in [0, 0.05) is 13.1 Å². The summed E-state index contributed by atoms with van der Waals surface area (Å²) >= 11 is 0. The lowest BCUT2D eigenvalue weighted by molar-refractivity contribution is -0.138. The van der Waals surface area contributed by atoms with Crippen molar-refractivity contribution in [2.45, 2.75) is 19.8 Å². The number of esters is 1. The minimum Gasteiger partial charge on any atom is -0.463 e. The Balaban J connectivity index is 1.95. The molecule has 0 atom stereocenters. The van der Waals surface area contributed by atoms with Crippen LogP contribution in [0.4, 0.5) is 0 Å². The minimum absolute atomic E-state index is 0.176. The van der Waals surface area contributed by atoms with Crippen molar-refractivity contribution < 1.29 is 14.3 Å². The zero-order valence-corrected chi connectivity index (χ0v) is 13.6. The van der Waals surface area contributed by atoms with Crippen molar-refractivity contribution >= 4 is 12.0 Å². The van der Waals surface area contributed by atoms with Crippen molar-refractivity contribution in [3.63, 3.8) is 0 Å². The first-order chi connectivity index (χ1) is 11.3. The Kier molecular flexibility index (Phi) is 5.13. The fraction of sp³-hybridized carbons (Fsp3) is 0.421. The lowest BCUT2D eigenvalue weighted by Gasteiger charge is -2.31. The van der Waals surface area contributed by atoms with Gasteiger partial charge in [-0.3, -0.25) is 0 Å². The Morgan fingerprint density at radius 3 is 2.65 bits per heavy atom. The maximum absolute atomic E-state index is 12.3. The number of morpholine rings is 1. The van der Waals surface area contributed by atoms with Crippen LogP contribution >= 0.6 is 0 Å². The van der Waals surface area contributed by atoms with Crippen molar-refractivity contribution in [3.05, 3.63) is 52.7 Å². The second-order valence-corrected chi connectivity index (χ2v) is 5.73. The summed E-state index contributed by atoms with van der Waals surface area (Å²) in [5.74, 6) is -0.176. The van der Waals surface area contributed by atoms with Crippen LogP contribution in [0, 0.1) is 0 Å². The highest BCUT2D eigenvalue weighted by Crippen LogP contribution is 2.36. The van der Waals surface area contributed by atoms with Crippen LogP contribution < -0.4 is 0 Å². The molecule has 1 aromatic carbocycles. The average molecular weight is 313 g/mol. The standard InChI is InChI=1S/C19H23NO3/c1-2-23-19(21)17-9-8-16(14-15-6-4-3-5-7-15)18(17)20-10-12-22-13-11-20/h3-7,14H,2,8-13H2,1H3/b16-14-. The first-order valence-corrected chi connectivity index (χ1v) is 8.28. The number of carbonyl (C=O) groups excluding carboxylic acids is 1. The molecule has 0 aromatic heterocycles. The molecular formula is C19H23NO3. The van der Waals surface area contributed by atoms with Crippen LogP contribution in [0.25, 0.3) is 6.08 Å². The second-order valence-electron chi connectivity index (χ2n) is 5.73. The van der Waals surface area contributed by atoms with Gasteiger partial charge < -0.3 is 14.4 Å². The van der Waals surface area contributed by atoms with E-state index >= 15 is 0 Å². The van der Waals surface area contributed by atoms with E-state index in [1.807, 2.05) is 25.1 Å².